The fourth-order valence-corrected chi connectivity index (χ4v) is 1.15. The van der Waals surface area contributed by atoms with Crippen LogP contribution in [0.25, 0.3) is 0 Å². The Bertz CT molecular complexity index is 340. The molecule has 0 aliphatic heterocycles. The van der Waals surface area contributed by atoms with Crippen molar-refractivity contribution in [3.05, 3.63) is 42.0 Å². The molecule has 1 aromatic rings. The lowest BCUT2D eigenvalue weighted by atomic mass is 10.0. The number of carbonyl (C=O) groups excluding carboxylic acids is 1. The lowest BCUT2D eigenvalue weighted by Crippen LogP contribution is -1.97. The van der Waals surface area contributed by atoms with Crippen molar-refractivity contribution in [2.24, 2.45) is 0 Å². The molecule has 0 spiro atoms. The van der Waals surface area contributed by atoms with Crippen LogP contribution in [0, 0.1) is 6.92 Å². The number of rotatable bonds is 3. The Balaban J connectivity index is 3.12. The molecular formula is C11H12O2. The molecule has 0 radical (unpaired) electrons. The van der Waals surface area contributed by atoms with Crippen molar-refractivity contribution in [1.29, 1.82) is 0 Å². The third-order valence-electron chi connectivity index (χ3n) is 1.88. The number of aryl methyl sites for hydroxylation is 1. The number of ether oxygens (including phenoxy) is 1. The number of methoxy groups -OCH3 is 1. The van der Waals surface area contributed by atoms with Gasteiger partial charge in [-0.2, -0.15) is 0 Å². The van der Waals surface area contributed by atoms with Crippen molar-refractivity contribution in [2.75, 3.05) is 7.11 Å². The van der Waals surface area contributed by atoms with Gasteiger partial charge in [0.1, 0.15) is 5.75 Å². The standard InChI is InChI=1S/C11H12O2/c1-4-11(12)10-6-5-9(13-3)7-8(10)2/h4-7H,1H2,2-3H3. The highest BCUT2D eigenvalue weighted by atomic mass is 16.5. The largest absolute Gasteiger partial charge is 0.497 e. The molecule has 0 unspecified atom stereocenters. The zero-order valence-corrected chi connectivity index (χ0v) is 7.83. The van der Waals surface area contributed by atoms with Gasteiger partial charge in [0, 0.05) is 5.56 Å². The average Bonchev–Trinajstić information content (AvgIpc) is 2.16. The van der Waals surface area contributed by atoms with Crippen molar-refractivity contribution < 1.29 is 9.53 Å². The predicted molar refractivity (Wildman–Crippen MR) is 52.3 cm³/mol. The molecule has 0 aromatic heterocycles. The van der Waals surface area contributed by atoms with Crippen LogP contribution in [-0.4, -0.2) is 12.9 Å². The van der Waals surface area contributed by atoms with E-state index < -0.39 is 0 Å². The molecule has 13 heavy (non-hydrogen) atoms. The number of hydrogen-bond acceptors (Lipinski definition) is 2. The molecule has 0 fully saturated rings. The Morgan fingerprint density at radius 3 is 2.69 bits per heavy atom. The molecule has 0 aliphatic rings. The lowest BCUT2D eigenvalue weighted by Gasteiger charge is -2.04. The summed E-state index contributed by atoms with van der Waals surface area (Å²) in [6, 6.07) is 5.35. The monoisotopic (exact) mass is 176 g/mol. The van der Waals surface area contributed by atoms with Crippen LogP contribution < -0.4 is 4.74 Å². The molecule has 1 rings (SSSR count). The topological polar surface area (TPSA) is 26.3 Å². The molecule has 0 heterocycles. The van der Waals surface area contributed by atoms with Gasteiger partial charge in [0.05, 0.1) is 7.11 Å². The van der Waals surface area contributed by atoms with Crippen LogP contribution in [0.5, 0.6) is 5.75 Å². The van der Waals surface area contributed by atoms with E-state index in [1.165, 1.54) is 6.08 Å². The molecule has 2 heteroatoms. The summed E-state index contributed by atoms with van der Waals surface area (Å²) in [6.45, 7) is 5.31. The third kappa shape index (κ3) is 1.96. The van der Waals surface area contributed by atoms with Gasteiger partial charge in [-0.1, -0.05) is 6.58 Å². The van der Waals surface area contributed by atoms with Gasteiger partial charge in [0.2, 0.25) is 0 Å². The zero-order valence-electron chi connectivity index (χ0n) is 7.83. The van der Waals surface area contributed by atoms with Crippen LogP contribution in [0.4, 0.5) is 0 Å². The van der Waals surface area contributed by atoms with Crippen LogP contribution >= 0.6 is 0 Å². The first-order valence-corrected chi connectivity index (χ1v) is 4.00. The summed E-state index contributed by atoms with van der Waals surface area (Å²) in [5.41, 5.74) is 1.58. The molecule has 0 bridgehead atoms. The number of ketones is 1. The Kier molecular flexibility index (Phi) is 2.85. The van der Waals surface area contributed by atoms with Gasteiger partial charge < -0.3 is 4.74 Å². The Morgan fingerprint density at radius 2 is 2.23 bits per heavy atom. The number of allylic oxidation sites excluding steroid dienone is 1. The van der Waals surface area contributed by atoms with E-state index >= 15 is 0 Å². The maximum atomic E-state index is 11.3. The second-order valence-electron chi connectivity index (χ2n) is 2.75. The fourth-order valence-electron chi connectivity index (χ4n) is 1.15. The van der Waals surface area contributed by atoms with Crippen molar-refractivity contribution in [3.8, 4) is 5.75 Å². The lowest BCUT2D eigenvalue weighted by molar-refractivity contribution is 0.104. The molecule has 0 saturated heterocycles. The molecule has 1 aromatic carbocycles. The molecule has 0 atom stereocenters. The second kappa shape index (κ2) is 3.90. The Morgan fingerprint density at radius 1 is 1.54 bits per heavy atom. The maximum absolute atomic E-state index is 11.3. The van der Waals surface area contributed by atoms with Gasteiger partial charge in [-0.05, 0) is 36.8 Å². The summed E-state index contributed by atoms with van der Waals surface area (Å²) in [7, 11) is 1.60. The van der Waals surface area contributed by atoms with Crippen LogP contribution in [0.15, 0.2) is 30.9 Å². The molecule has 0 saturated carbocycles. The second-order valence-corrected chi connectivity index (χ2v) is 2.75. The highest BCUT2D eigenvalue weighted by molar-refractivity contribution is 6.05. The number of hydrogen-bond donors (Lipinski definition) is 0. The third-order valence-corrected chi connectivity index (χ3v) is 1.88. The average molecular weight is 176 g/mol. The minimum atomic E-state index is -0.0554. The number of carbonyl (C=O) groups is 1. The van der Waals surface area contributed by atoms with E-state index in [1.54, 1.807) is 19.2 Å². The van der Waals surface area contributed by atoms with Gasteiger partial charge in [-0.3, -0.25) is 4.79 Å². The van der Waals surface area contributed by atoms with E-state index in [9.17, 15) is 4.79 Å². The highest BCUT2D eigenvalue weighted by Gasteiger charge is 2.05. The molecule has 2 nitrogen and oxygen atoms in total. The minimum absolute atomic E-state index is 0.0554. The summed E-state index contributed by atoms with van der Waals surface area (Å²) in [6.07, 6.45) is 1.31. The van der Waals surface area contributed by atoms with E-state index in [0.29, 0.717) is 5.56 Å². The highest BCUT2D eigenvalue weighted by Crippen LogP contribution is 2.17. The smallest absolute Gasteiger partial charge is 0.185 e. The zero-order chi connectivity index (χ0) is 9.84. The molecular weight excluding hydrogens is 164 g/mol. The molecule has 0 aliphatic carbocycles. The van der Waals surface area contributed by atoms with Crippen LogP contribution in [0.1, 0.15) is 15.9 Å². The van der Waals surface area contributed by atoms with Gasteiger partial charge in [-0.25, -0.2) is 0 Å². The van der Waals surface area contributed by atoms with Gasteiger partial charge in [0.25, 0.3) is 0 Å². The Labute approximate surface area is 77.8 Å². The normalized spacial score (nSPS) is 9.38. The molecule has 0 N–H and O–H groups in total. The first-order valence-electron chi connectivity index (χ1n) is 4.00. The SMILES string of the molecule is C=CC(=O)c1ccc(OC)cc1C. The van der Waals surface area contributed by atoms with Crippen LogP contribution in [-0.2, 0) is 0 Å². The van der Waals surface area contributed by atoms with E-state index in [2.05, 4.69) is 6.58 Å². The predicted octanol–water partition coefficient (Wildman–Crippen LogP) is 2.37. The number of benzene rings is 1. The van der Waals surface area contributed by atoms with Crippen LogP contribution in [0.2, 0.25) is 0 Å². The first kappa shape index (κ1) is 9.52. The van der Waals surface area contributed by atoms with E-state index in [-0.39, 0.29) is 5.78 Å². The summed E-state index contributed by atoms with van der Waals surface area (Å²) < 4.78 is 5.03. The van der Waals surface area contributed by atoms with Crippen molar-refractivity contribution in [2.45, 2.75) is 6.92 Å². The molecule has 68 valence electrons. The van der Waals surface area contributed by atoms with Gasteiger partial charge in [0.15, 0.2) is 5.78 Å². The quantitative estimate of drug-likeness (QED) is 0.522. The summed E-state index contributed by atoms with van der Waals surface area (Å²) in [5, 5.41) is 0. The maximum Gasteiger partial charge on any atom is 0.185 e. The first-order chi connectivity index (χ1) is 6.19. The van der Waals surface area contributed by atoms with E-state index in [0.717, 1.165) is 11.3 Å². The van der Waals surface area contributed by atoms with Gasteiger partial charge in [-0.15, -0.1) is 0 Å². The fraction of sp³-hybridized carbons (Fsp3) is 0.182. The van der Waals surface area contributed by atoms with Crippen molar-refractivity contribution in [1.82, 2.24) is 0 Å². The molecule has 0 amide bonds. The summed E-state index contributed by atoms with van der Waals surface area (Å²) >= 11 is 0. The van der Waals surface area contributed by atoms with E-state index in [1.807, 2.05) is 13.0 Å². The Hall–Kier alpha value is -1.57. The minimum Gasteiger partial charge on any atom is -0.497 e. The van der Waals surface area contributed by atoms with Crippen LogP contribution in [0.3, 0.4) is 0 Å². The summed E-state index contributed by atoms with van der Waals surface area (Å²) in [5.74, 6) is 0.707. The summed E-state index contributed by atoms with van der Waals surface area (Å²) in [4.78, 5) is 11.3. The van der Waals surface area contributed by atoms with Crippen molar-refractivity contribution >= 4 is 5.78 Å². The van der Waals surface area contributed by atoms with Crippen molar-refractivity contribution in [3.63, 3.8) is 0 Å². The van der Waals surface area contributed by atoms with Gasteiger partial charge >= 0.3 is 0 Å². The van der Waals surface area contributed by atoms with E-state index in [4.69, 9.17) is 4.74 Å².